The number of hydrogen-bond donors (Lipinski definition) is 2. The van der Waals surface area contributed by atoms with Crippen molar-refractivity contribution in [3.63, 3.8) is 0 Å². The quantitative estimate of drug-likeness (QED) is 0.785. The van der Waals surface area contributed by atoms with Gasteiger partial charge in [0.2, 0.25) is 0 Å². The maximum absolute atomic E-state index is 12.7. The second-order valence-corrected chi connectivity index (χ2v) is 8.88. The van der Waals surface area contributed by atoms with Crippen LogP contribution in [0.1, 0.15) is 50.9 Å². The monoisotopic (exact) mass is 364 g/mol. The zero-order valence-corrected chi connectivity index (χ0v) is 16.2. The lowest BCUT2D eigenvalue weighted by Crippen LogP contribution is -2.50. The fourth-order valence-electron chi connectivity index (χ4n) is 2.96. The van der Waals surface area contributed by atoms with E-state index in [1.807, 2.05) is 12.1 Å². The van der Waals surface area contributed by atoms with Crippen LogP contribution in [0.3, 0.4) is 0 Å². The van der Waals surface area contributed by atoms with Crippen LogP contribution in [0.4, 0.5) is 0 Å². The van der Waals surface area contributed by atoms with Crippen LogP contribution in [-0.4, -0.2) is 51.8 Å². The molecule has 2 N–H and O–H groups in total. The number of aliphatic carboxylic acids is 1. The van der Waals surface area contributed by atoms with Gasteiger partial charge in [-0.3, -0.25) is 14.5 Å². The molecule has 0 spiro atoms. The van der Waals surface area contributed by atoms with E-state index in [2.05, 4.69) is 31.0 Å². The number of carbonyl (C=O) groups is 2. The van der Waals surface area contributed by atoms with E-state index >= 15 is 0 Å². The molecular formula is C19H28N2O3S. The SMILES string of the molecule is CC(Sc1ccccc1C(=O)NC1CCN(C(C)(C)C)CC1)C(=O)O. The Morgan fingerprint density at radius 3 is 2.40 bits per heavy atom. The molecule has 1 aliphatic heterocycles. The zero-order valence-electron chi connectivity index (χ0n) is 15.4. The first-order valence-corrected chi connectivity index (χ1v) is 9.61. The van der Waals surface area contributed by atoms with Crippen molar-refractivity contribution in [1.82, 2.24) is 10.2 Å². The van der Waals surface area contributed by atoms with Crippen molar-refractivity contribution in [1.29, 1.82) is 0 Å². The third kappa shape index (κ3) is 5.47. The summed E-state index contributed by atoms with van der Waals surface area (Å²) in [6, 6.07) is 7.38. The second-order valence-electron chi connectivity index (χ2n) is 7.50. The average Bonchev–Trinajstić information content (AvgIpc) is 2.54. The van der Waals surface area contributed by atoms with Gasteiger partial charge in [0.05, 0.1) is 5.56 Å². The van der Waals surface area contributed by atoms with Gasteiger partial charge >= 0.3 is 5.97 Å². The maximum Gasteiger partial charge on any atom is 0.316 e. The largest absolute Gasteiger partial charge is 0.480 e. The Morgan fingerprint density at radius 2 is 1.84 bits per heavy atom. The van der Waals surface area contributed by atoms with Gasteiger partial charge in [-0.1, -0.05) is 12.1 Å². The van der Waals surface area contributed by atoms with E-state index in [-0.39, 0.29) is 17.5 Å². The highest BCUT2D eigenvalue weighted by Crippen LogP contribution is 2.27. The van der Waals surface area contributed by atoms with Gasteiger partial charge in [-0.25, -0.2) is 0 Å². The number of thioether (sulfide) groups is 1. The summed E-state index contributed by atoms with van der Waals surface area (Å²) in [4.78, 5) is 26.9. The first kappa shape index (κ1) is 19.8. The van der Waals surface area contributed by atoms with Crippen molar-refractivity contribution in [3.05, 3.63) is 29.8 Å². The molecule has 1 fully saturated rings. The third-order valence-electron chi connectivity index (χ3n) is 4.56. The Balaban J connectivity index is 1.99. The molecule has 1 aliphatic rings. The molecule has 1 aromatic rings. The standard InChI is InChI=1S/C19H28N2O3S/c1-13(18(23)24)25-16-8-6-5-7-15(16)17(22)20-14-9-11-21(12-10-14)19(2,3)4/h5-8,13-14H,9-12H2,1-4H3,(H,20,22)(H,23,24). The van der Waals surface area contributed by atoms with Crippen molar-refractivity contribution >= 4 is 23.6 Å². The lowest BCUT2D eigenvalue weighted by Gasteiger charge is -2.41. The van der Waals surface area contributed by atoms with Crippen LogP contribution in [0.25, 0.3) is 0 Å². The van der Waals surface area contributed by atoms with Crippen LogP contribution in [-0.2, 0) is 4.79 Å². The topological polar surface area (TPSA) is 69.6 Å². The van der Waals surface area contributed by atoms with E-state index < -0.39 is 11.2 Å². The Kier molecular flexibility index (Phi) is 6.52. The molecule has 25 heavy (non-hydrogen) atoms. The lowest BCUT2D eigenvalue weighted by atomic mass is 9.98. The summed E-state index contributed by atoms with van der Waals surface area (Å²) in [6.45, 7) is 10.2. The maximum atomic E-state index is 12.7. The van der Waals surface area contributed by atoms with Crippen LogP contribution in [0.5, 0.6) is 0 Å². The molecule has 6 heteroatoms. The van der Waals surface area contributed by atoms with Gasteiger partial charge in [0.25, 0.3) is 5.91 Å². The fourth-order valence-corrected chi connectivity index (χ4v) is 3.88. The van der Waals surface area contributed by atoms with Crippen LogP contribution in [0.15, 0.2) is 29.2 Å². The van der Waals surface area contributed by atoms with Crippen molar-refractivity contribution in [2.75, 3.05) is 13.1 Å². The molecule has 1 atom stereocenters. The molecule has 1 unspecified atom stereocenters. The van der Waals surface area contributed by atoms with Gasteiger partial charge in [0.15, 0.2) is 0 Å². The molecule has 1 aromatic carbocycles. The van der Waals surface area contributed by atoms with Crippen LogP contribution >= 0.6 is 11.8 Å². The molecule has 138 valence electrons. The minimum absolute atomic E-state index is 0.116. The number of carboxylic acid groups (broad SMARTS) is 1. The Morgan fingerprint density at radius 1 is 1.24 bits per heavy atom. The number of nitrogens with one attached hydrogen (secondary N) is 1. The van der Waals surface area contributed by atoms with Gasteiger partial charge in [0, 0.05) is 29.6 Å². The highest BCUT2D eigenvalue weighted by atomic mass is 32.2. The molecule has 0 saturated carbocycles. The van der Waals surface area contributed by atoms with Crippen LogP contribution in [0.2, 0.25) is 0 Å². The molecule has 0 aliphatic carbocycles. The molecule has 1 saturated heterocycles. The molecule has 1 heterocycles. The number of nitrogens with zero attached hydrogens (tertiary/aromatic N) is 1. The minimum atomic E-state index is -0.880. The number of hydrogen-bond acceptors (Lipinski definition) is 4. The number of rotatable bonds is 5. The van der Waals surface area contributed by atoms with Gasteiger partial charge in [0.1, 0.15) is 5.25 Å². The van der Waals surface area contributed by atoms with E-state index in [0.29, 0.717) is 10.5 Å². The normalized spacial score (nSPS) is 17.9. The van der Waals surface area contributed by atoms with Crippen molar-refractivity contribution in [2.45, 2.75) is 62.3 Å². The molecule has 1 amide bonds. The number of carbonyl (C=O) groups excluding carboxylic acids is 1. The predicted molar refractivity (Wildman–Crippen MR) is 101 cm³/mol. The third-order valence-corrected chi connectivity index (χ3v) is 5.73. The summed E-state index contributed by atoms with van der Waals surface area (Å²) in [7, 11) is 0. The molecule has 0 aromatic heterocycles. The summed E-state index contributed by atoms with van der Waals surface area (Å²) < 4.78 is 0. The lowest BCUT2D eigenvalue weighted by molar-refractivity contribution is -0.136. The first-order valence-electron chi connectivity index (χ1n) is 8.73. The van der Waals surface area contributed by atoms with Crippen LogP contribution < -0.4 is 5.32 Å². The Labute approximate surface area is 154 Å². The van der Waals surface area contributed by atoms with Gasteiger partial charge in [-0.05, 0) is 52.7 Å². The molecule has 0 radical (unpaired) electrons. The van der Waals surface area contributed by atoms with E-state index in [1.165, 1.54) is 11.8 Å². The summed E-state index contributed by atoms with van der Waals surface area (Å²) in [5.74, 6) is -0.996. The van der Waals surface area contributed by atoms with Crippen LogP contribution in [0, 0.1) is 0 Å². The summed E-state index contributed by atoms with van der Waals surface area (Å²) in [5.41, 5.74) is 0.712. The molecule has 2 rings (SSSR count). The Hall–Kier alpha value is -1.53. The highest BCUT2D eigenvalue weighted by Gasteiger charge is 2.28. The number of likely N-dealkylation sites (tertiary alicyclic amines) is 1. The predicted octanol–water partition coefficient (Wildman–Crippen LogP) is 3.24. The molecule has 0 bridgehead atoms. The van der Waals surface area contributed by atoms with E-state index in [4.69, 9.17) is 5.11 Å². The van der Waals surface area contributed by atoms with E-state index in [9.17, 15) is 9.59 Å². The van der Waals surface area contributed by atoms with E-state index in [1.54, 1.807) is 19.1 Å². The first-order chi connectivity index (χ1) is 11.7. The number of amides is 1. The van der Waals surface area contributed by atoms with Gasteiger partial charge < -0.3 is 10.4 Å². The number of carboxylic acids is 1. The van der Waals surface area contributed by atoms with Gasteiger partial charge in [-0.15, -0.1) is 11.8 Å². The van der Waals surface area contributed by atoms with Crippen molar-refractivity contribution in [3.8, 4) is 0 Å². The zero-order chi connectivity index (χ0) is 18.6. The number of piperidine rings is 1. The fraction of sp³-hybridized carbons (Fsp3) is 0.579. The molecular weight excluding hydrogens is 336 g/mol. The second kappa shape index (κ2) is 8.23. The van der Waals surface area contributed by atoms with Gasteiger partial charge in [-0.2, -0.15) is 0 Å². The van der Waals surface area contributed by atoms with Crippen molar-refractivity contribution < 1.29 is 14.7 Å². The van der Waals surface area contributed by atoms with E-state index in [0.717, 1.165) is 25.9 Å². The smallest absolute Gasteiger partial charge is 0.316 e. The van der Waals surface area contributed by atoms with Crippen molar-refractivity contribution in [2.24, 2.45) is 0 Å². The summed E-state index contributed by atoms with van der Waals surface area (Å²) >= 11 is 1.20. The molecule has 5 nitrogen and oxygen atoms in total. The number of benzene rings is 1. The summed E-state index contributed by atoms with van der Waals surface area (Å²) in [6.07, 6.45) is 1.87. The average molecular weight is 365 g/mol. The highest BCUT2D eigenvalue weighted by molar-refractivity contribution is 8.00. The Bertz CT molecular complexity index is 619. The minimum Gasteiger partial charge on any atom is -0.480 e. The summed E-state index contributed by atoms with van der Waals surface area (Å²) in [5, 5.41) is 11.6.